The highest BCUT2D eigenvalue weighted by Crippen LogP contribution is 2.20. The third-order valence-electron chi connectivity index (χ3n) is 1.78. The fourth-order valence-corrected chi connectivity index (χ4v) is 1.25. The van der Waals surface area contributed by atoms with Gasteiger partial charge in [-0.15, -0.1) is 0 Å². The molecule has 0 unspecified atom stereocenters. The summed E-state index contributed by atoms with van der Waals surface area (Å²) in [5.41, 5.74) is 0.212. The molecule has 0 radical (unpaired) electrons. The smallest absolute Gasteiger partial charge is 0.311 e. The maximum atomic E-state index is 11.2. The normalized spacial score (nSPS) is 9.73. The zero-order valence-electron chi connectivity index (χ0n) is 8.33. The van der Waals surface area contributed by atoms with Crippen molar-refractivity contribution in [3.8, 4) is 5.75 Å². The highest BCUT2D eigenvalue weighted by molar-refractivity contribution is 6.68. The monoisotopic (exact) mass is 226 g/mol. The molecule has 0 atom stereocenters. The van der Waals surface area contributed by atoms with Crippen molar-refractivity contribution in [3.63, 3.8) is 0 Å². The molecule has 1 aromatic rings. The van der Waals surface area contributed by atoms with Crippen LogP contribution in [0.2, 0.25) is 0 Å². The Hall–Kier alpha value is -1.35. The number of esters is 1. The van der Waals surface area contributed by atoms with Gasteiger partial charge in [-0.25, -0.2) is 0 Å². The van der Waals surface area contributed by atoms with E-state index in [-0.39, 0.29) is 17.3 Å². The van der Waals surface area contributed by atoms with Gasteiger partial charge in [0.1, 0.15) is 5.75 Å². The van der Waals surface area contributed by atoms with E-state index < -0.39 is 5.24 Å². The summed E-state index contributed by atoms with van der Waals surface area (Å²) in [6.45, 7) is 1.87. The maximum Gasteiger partial charge on any atom is 0.311 e. The summed E-state index contributed by atoms with van der Waals surface area (Å²) in [5.74, 6) is -0.140. The second kappa shape index (κ2) is 5.51. The average Bonchev–Trinajstić information content (AvgIpc) is 2.18. The molecule has 4 heteroatoms. The van der Waals surface area contributed by atoms with Gasteiger partial charge in [-0.1, -0.05) is 19.1 Å². The first-order valence-electron chi connectivity index (χ1n) is 4.64. The highest BCUT2D eigenvalue weighted by atomic mass is 35.5. The van der Waals surface area contributed by atoms with Crippen molar-refractivity contribution in [2.45, 2.75) is 19.8 Å². The van der Waals surface area contributed by atoms with Crippen LogP contribution in [0.25, 0.3) is 0 Å². The minimum Gasteiger partial charge on any atom is -0.426 e. The summed E-state index contributed by atoms with van der Waals surface area (Å²) in [4.78, 5) is 22.2. The zero-order chi connectivity index (χ0) is 11.3. The molecule has 0 N–H and O–H groups in total. The van der Waals surface area contributed by atoms with Crippen LogP contribution in [0.15, 0.2) is 24.3 Å². The molecule has 0 bridgehead atoms. The molecule has 0 heterocycles. The van der Waals surface area contributed by atoms with E-state index in [2.05, 4.69) is 0 Å². The molecule has 0 amide bonds. The maximum absolute atomic E-state index is 11.2. The highest BCUT2D eigenvalue weighted by Gasteiger charge is 2.12. The molecule has 3 nitrogen and oxygen atoms in total. The summed E-state index contributed by atoms with van der Waals surface area (Å²) in [6.07, 6.45) is 1.03. The number of hydrogen-bond acceptors (Lipinski definition) is 3. The molecule has 0 saturated heterocycles. The predicted octanol–water partition coefficient (Wildman–Crippen LogP) is 2.77. The van der Waals surface area contributed by atoms with Gasteiger partial charge in [0.15, 0.2) is 0 Å². The van der Waals surface area contributed by atoms with E-state index in [1.165, 1.54) is 6.07 Å². The number of halogens is 1. The minimum atomic E-state index is -0.630. The van der Waals surface area contributed by atoms with E-state index in [1.807, 2.05) is 6.92 Å². The van der Waals surface area contributed by atoms with Crippen molar-refractivity contribution < 1.29 is 14.3 Å². The molecule has 0 aliphatic carbocycles. The Morgan fingerprint density at radius 2 is 2.00 bits per heavy atom. The van der Waals surface area contributed by atoms with Gasteiger partial charge in [-0.3, -0.25) is 9.59 Å². The standard InChI is InChI=1S/C11H11ClO3/c1-2-5-10(13)15-9-7-4-3-6-8(9)11(12)14/h3-4,6-7H,2,5H2,1H3. The van der Waals surface area contributed by atoms with Gasteiger partial charge in [0.05, 0.1) is 5.56 Å². The lowest BCUT2D eigenvalue weighted by molar-refractivity contribution is -0.134. The second-order valence-electron chi connectivity index (χ2n) is 2.99. The van der Waals surface area contributed by atoms with Gasteiger partial charge in [-0.2, -0.15) is 0 Å². The first kappa shape index (κ1) is 11.7. The SMILES string of the molecule is CCCC(=O)Oc1ccccc1C(=O)Cl. The van der Waals surface area contributed by atoms with Crippen molar-refractivity contribution in [3.05, 3.63) is 29.8 Å². The van der Waals surface area contributed by atoms with E-state index in [1.54, 1.807) is 18.2 Å². The Labute approximate surface area is 93.0 Å². The largest absolute Gasteiger partial charge is 0.426 e. The third-order valence-corrected chi connectivity index (χ3v) is 1.98. The predicted molar refractivity (Wildman–Crippen MR) is 57.2 cm³/mol. The van der Waals surface area contributed by atoms with Gasteiger partial charge < -0.3 is 4.74 Å². The van der Waals surface area contributed by atoms with Crippen molar-refractivity contribution in [1.82, 2.24) is 0 Å². The summed E-state index contributed by atoms with van der Waals surface area (Å²) in [7, 11) is 0. The molecule has 1 aromatic carbocycles. The molecule has 0 aliphatic rings. The number of para-hydroxylation sites is 1. The Bertz CT molecular complexity index is 374. The molecular formula is C11H11ClO3. The summed E-state index contributed by atoms with van der Waals surface area (Å²) in [5, 5.41) is -0.630. The van der Waals surface area contributed by atoms with Gasteiger partial charge in [-0.05, 0) is 30.2 Å². The number of hydrogen-bond donors (Lipinski definition) is 0. The van der Waals surface area contributed by atoms with Crippen LogP contribution in [0.1, 0.15) is 30.1 Å². The van der Waals surface area contributed by atoms with Crippen molar-refractivity contribution in [1.29, 1.82) is 0 Å². The number of benzene rings is 1. The van der Waals surface area contributed by atoms with E-state index >= 15 is 0 Å². The summed E-state index contributed by atoms with van der Waals surface area (Å²) in [6, 6.07) is 6.40. The van der Waals surface area contributed by atoms with E-state index in [0.29, 0.717) is 12.8 Å². The fraction of sp³-hybridized carbons (Fsp3) is 0.273. The van der Waals surface area contributed by atoms with Crippen LogP contribution in [0, 0.1) is 0 Å². The lowest BCUT2D eigenvalue weighted by atomic mass is 10.2. The van der Waals surface area contributed by atoms with Crippen molar-refractivity contribution >= 4 is 22.8 Å². The van der Waals surface area contributed by atoms with Gasteiger partial charge in [0.2, 0.25) is 0 Å². The zero-order valence-corrected chi connectivity index (χ0v) is 9.08. The van der Waals surface area contributed by atoms with Crippen LogP contribution in [-0.4, -0.2) is 11.2 Å². The number of carbonyl (C=O) groups is 2. The van der Waals surface area contributed by atoms with Gasteiger partial charge in [0.25, 0.3) is 5.24 Å². The van der Waals surface area contributed by atoms with Crippen LogP contribution in [-0.2, 0) is 4.79 Å². The second-order valence-corrected chi connectivity index (χ2v) is 3.34. The third kappa shape index (κ3) is 3.36. The first-order valence-corrected chi connectivity index (χ1v) is 5.02. The topological polar surface area (TPSA) is 43.4 Å². The first-order chi connectivity index (χ1) is 7.15. The molecule has 1 rings (SSSR count). The summed E-state index contributed by atoms with van der Waals surface area (Å²) < 4.78 is 5.00. The van der Waals surface area contributed by atoms with Crippen LogP contribution in [0.5, 0.6) is 5.75 Å². The van der Waals surface area contributed by atoms with E-state index in [0.717, 1.165) is 0 Å². The molecule has 80 valence electrons. The Morgan fingerprint density at radius 1 is 1.33 bits per heavy atom. The Balaban J connectivity index is 2.84. The van der Waals surface area contributed by atoms with Crippen molar-refractivity contribution in [2.24, 2.45) is 0 Å². The van der Waals surface area contributed by atoms with Gasteiger partial charge in [0, 0.05) is 6.42 Å². The quantitative estimate of drug-likeness (QED) is 0.451. The molecule has 0 spiro atoms. The van der Waals surface area contributed by atoms with Gasteiger partial charge >= 0.3 is 5.97 Å². The molecule has 15 heavy (non-hydrogen) atoms. The molecule has 0 saturated carbocycles. The van der Waals surface area contributed by atoms with E-state index in [4.69, 9.17) is 16.3 Å². The average molecular weight is 227 g/mol. The van der Waals surface area contributed by atoms with Crippen LogP contribution in [0.3, 0.4) is 0 Å². The van der Waals surface area contributed by atoms with Crippen molar-refractivity contribution in [2.75, 3.05) is 0 Å². The van der Waals surface area contributed by atoms with Crippen LogP contribution < -0.4 is 4.74 Å². The molecule has 0 aliphatic heterocycles. The fourth-order valence-electron chi connectivity index (χ4n) is 1.10. The van der Waals surface area contributed by atoms with Crippen LogP contribution in [0.4, 0.5) is 0 Å². The number of ether oxygens (including phenoxy) is 1. The minimum absolute atomic E-state index is 0.212. The molecule has 0 aromatic heterocycles. The Kier molecular flexibility index (Phi) is 4.31. The lowest BCUT2D eigenvalue weighted by Crippen LogP contribution is -2.09. The van der Waals surface area contributed by atoms with E-state index in [9.17, 15) is 9.59 Å². The lowest BCUT2D eigenvalue weighted by Gasteiger charge is -2.05. The molecule has 0 fully saturated rings. The number of rotatable bonds is 4. The Morgan fingerprint density at radius 3 is 2.60 bits per heavy atom. The number of carbonyl (C=O) groups excluding carboxylic acids is 2. The summed E-state index contributed by atoms with van der Waals surface area (Å²) >= 11 is 5.34. The molecular weight excluding hydrogens is 216 g/mol. The van der Waals surface area contributed by atoms with Crippen LogP contribution >= 0.6 is 11.6 Å².